The first-order valence-corrected chi connectivity index (χ1v) is 5.68. The fourth-order valence-corrected chi connectivity index (χ4v) is 1.30. The molecule has 19 heavy (non-hydrogen) atoms. The number of amides is 1. The molecule has 4 nitrogen and oxygen atoms in total. The Kier molecular flexibility index (Phi) is 5.47. The average molecular weight is 276 g/mol. The van der Waals surface area contributed by atoms with Gasteiger partial charge in [0.2, 0.25) is 5.91 Å². The Morgan fingerprint density at radius 3 is 2.74 bits per heavy atom. The van der Waals surface area contributed by atoms with Gasteiger partial charge < -0.3 is 15.8 Å². The molecular formula is C12H15F3N2O2. The number of nitrogens with one attached hydrogen (secondary N) is 1. The van der Waals surface area contributed by atoms with Crippen molar-refractivity contribution in [2.75, 3.05) is 18.9 Å². The minimum atomic E-state index is -4.26. The second-order valence-corrected chi connectivity index (χ2v) is 3.89. The summed E-state index contributed by atoms with van der Waals surface area (Å²) in [4.78, 5) is 11.2. The monoisotopic (exact) mass is 276 g/mol. The molecule has 0 bridgehead atoms. The van der Waals surface area contributed by atoms with Gasteiger partial charge in [-0.2, -0.15) is 13.2 Å². The maximum absolute atomic E-state index is 11.8. The predicted molar refractivity (Wildman–Crippen MR) is 64.6 cm³/mol. The van der Waals surface area contributed by atoms with E-state index in [9.17, 15) is 18.0 Å². The van der Waals surface area contributed by atoms with Crippen LogP contribution in [0.2, 0.25) is 0 Å². The molecule has 1 amide bonds. The lowest BCUT2D eigenvalue weighted by Crippen LogP contribution is -2.28. The summed E-state index contributed by atoms with van der Waals surface area (Å²) in [6.45, 7) is -0.331. The minimum Gasteiger partial charge on any atom is -0.493 e. The van der Waals surface area contributed by atoms with Gasteiger partial charge in [0.15, 0.2) is 0 Å². The van der Waals surface area contributed by atoms with Gasteiger partial charge in [-0.1, -0.05) is 6.07 Å². The SMILES string of the molecule is Nc1cccc(OCCC(=O)NCCC(F)(F)F)c1. The van der Waals surface area contributed by atoms with E-state index in [1.54, 1.807) is 24.3 Å². The highest BCUT2D eigenvalue weighted by atomic mass is 19.4. The van der Waals surface area contributed by atoms with Crippen LogP contribution in [0.25, 0.3) is 0 Å². The van der Waals surface area contributed by atoms with Crippen molar-refractivity contribution in [3.63, 3.8) is 0 Å². The standard InChI is InChI=1S/C12H15F3N2O2/c13-12(14,15)5-6-17-11(18)4-7-19-10-3-1-2-9(16)8-10/h1-3,8H,4-7,16H2,(H,17,18). The Labute approximate surface area is 108 Å². The van der Waals surface area contributed by atoms with Crippen molar-refractivity contribution in [3.05, 3.63) is 24.3 Å². The minimum absolute atomic E-state index is 0.00729. The van der Waals surface area contributed by atoms with Crippen LogP contribution in [0.5, 0.6) is 5.75 Å². The van der Waals surface area contributed by atoms with Gasteiger partial charge in [0.25, 0.3) is 0 Å². The van der Waals surface area contributed by atoms with Crippen molar-refractivity contribution < 1.29 is 22.7 Å². The Hall–Kier alpha value is -1.92. The molecule has 106 valence electrons. The van der Waals surface area contributed by atoms with Crippen LogP contribution in [-0.4, -0.2) is 25.2 Å². The van der Waals surface area contributed by atoms with Crippen LogP contribution >= 0.6 is 0 Å². The number of anilines is 1. The molecule has 0 aliphatic rings. The third-order valence-electron chi connectivity index (χ3n) is 2.19. The van der Waals surface area contributed by atoms with Crippen LogP contribution in [0.15, 0.2) is 24.3 Å². The fraction of sp³-hybridized carbons (Fsp3) is 0.417. The predicted octanol–water partition coefficient (Wildman–Crippen LogP) is 2.11. The first-order chi connectivity index (χ1) is 8.87. The number of hydrogen-bond donors (Lipinski definition) is 2. The molecule has 7 heteroatoms. The molecule has 0 atom stereocenters. The van der Waals surface area contributed by atoms with Crippen LogP contribution in [0, 0.1) is 0 Å². The molecule has 0 aliphatic heterocycles. The average Bonchev–Trinajstić information content (AvgIpc) is 2.27. The number of hydrogen-bond acceptors (Lipinski definition) is 3. The molecule has 0 aliphatic carbocycles. The smallest absolute Gasteiger partial charge is 0.390 e. The zero-order valence-electron chi connectivity index (χ0n) is 10.2. The van der Waals surface area contributed by atoms with E-state index in [2.05, 4.69) is 5.32 Å². The van der Waals surface area contributed by atoms with E-state index in [-0.39, 0.29) is 13.0 Å². The van der Waals surface area contributed by atoms with Gasteiger partial charge in [0, 0.05) is 18.3 Å². The van der Waals surface area contributed by atoms with Gasteiger partial charge in [-0.15, -0.1) is 0 Å². The Bertz CT molecular complexity index is 422. The molecule has 1 aromatic rings. The van der Waals surface area contributed by atoms with E-state index < -0.39 is 25.0 Å². The van der Waals surface area contributed by atoms with Gasteiger partial charge in [-0.05, 0) is 12.1 Å². The summed E-state index contributed by atoms with van der Waals surface area (Å²) in [7, 11) is 0. The van der Waals surface area contributed by atoms with E-state index in [0.29, 0.717) is 11.4 Å². The molecule has 3 N–H and O–H groups in total. The van der Waals surface area contributed by atoms with Crippen LogP contribution in [0.1, 0.15) is 12.8 Å². The second kappa shape index (κ2) is 6.86. The molecule has 0 spiro atoms. The summed E-state index contributed by atoms with van der Waals surface area (Å²) in [6.07, 6.45) is -5.30. The zero-order chi connectivity index (χ0) is 14.3. The number of nitrogens with two attached hydrogens (primary N) is 1. The van der Waals surface area contributed by atoms with E-state index >= 15 is 0 Å². The summed E-state index contributed by atoms with van der Waals surface area (Å²) in [5, 5.41) is 2.17. The zero-order valence-corrected chi connectivity index (χ0v) is 10.2. The van der Waals surface area contributed by atoms with Gasteiger partial charge in [0.05, 0.1) is 19.4 Å². The summed E-state index contributed by atoms with van der Waals surface area (Å²) in [6, 6.07) is 6.67. The van der Waals surface area contributed by atoms with Gasteiger partial charge >= 0.3 is 6.18 Å². The van der Waals surface area contributed by atoms with Crippen molar-refractivity contribution in [1.82, 2.24) is 5.32 Å². The number of carbonyl (C=O) groups excluding carboxylic acids is 1. The Morgan fingerprint density at radius 2 is 2.11 bits per heavy atom. The van der Waals surface area contributed by atoms with E-state index in [4.69, 9.17) is 10.5 Å². The summed E-state index contributed by atoms with van der Waals surface area (Å²) >= 11 is 0. The van der Waals surface area contributed by atoms with Gasteiger partial charge in [0.1, 0.15) is 5.75 Å². The quantitative estimate of drug-likeness (QED) is 0.782. The number of benzene rings is 1. The van der Waals surface area contributed by atoms with Gasteiger partial charge in [-0.25, -0.2) is 0 Å². The number of rotatable bonds is 6. The third kappa shape index (κ3) is 7.17. The molecule has 0 saturated heterocycles. The topological polar surface area (TPSA) is 64.3 Å². The molecule has 0 fully saturated rings. The molecular weight excluding hydrogens is 261 g/mol. The molecule has 0 saturated carbocycles. The molecule has 1 rings (SSSR count). The van der Waals surface area contributed by atoms with E-state index in [1.165, 1.54) is 0 Å². The Morgan fingerprint density at radius 1 is 1.37 bits per heavy atom. The number of halogens is 3. The number of ether oxygens (including phenoxy) is 1. The van der Waals surface area contributed by atoms with Crippen LogP contribution < -0.4 is 15.8 Å². The number of alkyl halides is 3. The van der Waals surface area contributed by atoms with Crippen molar-refractivity contribution in [1.29, 1.82) is 0 Å². The second-order valence-electron chi connectivity index (χ2n) is 3.89. The van der Waals surface area contributed by atoms with Crippen molar-refractivity contribution >= 4 is 11.6 Å². The highest BCUT2D eigenvalue weighted by Crippen LogP contribution is 2.18. The normalized spacial score (nSPS) is 11.1. The van der Waals surface area contributed by atoms with Crippen molar-refractivity contribution in [3.8, 4) is 5.75 Å². The van der Waals surface area contributed by atoms with Crippen molar-refractivity contribution in [2.24, 2.45) is 0 Å². The largest absolute Gasteiger partial charge is 0.493 e. The van der Waals surface area contributed by atoms with Crippen LogP contribution in [0.3, 0.4) is 0 Å². The highest BCUT2D eigenvalue weighted by Gasteiger charge is 2.26. The Balaban J connectivity index is 2.17. The van der Waals surface area contributed by atoms with Crippen LogP contribution in [0.4, 0.5) is 18.9 Å². The lowest BCUT2D eigenvalue weighted by Gasteiger charge is -2.09. The van der Waals surface area contributed by atoms with Gasteiger partial charge in [-0.3, -0.25) is 4.79 Å². The first-order valence-electron chi connectivity index (χ1n) is 5.68. The summed E-state index contributed by atoms with van der Waals surface area (Å²) in [5.74, 6) is 0.0382. The summed E-state index contributed by atoms with van der Waals surface area (Å²) < 4.78 is 40.7. The molecule has 0 radical (unpaired) electrons. The maximum Gasteiger partial charge on any atom is 0.390 e. The molecule has 0 aromatic heterocycles. The fourth-order valence-electron chi connectivity index (χ4n) is 1.30. The number of nitrogen functional groups attached to an aromatic ring is 1. The summed E-state index contributed by atoms with van der Waals surface area (Å²) in [5.41, 5.74) is 6.07. The first kappa shape index (κ1) is 15.1. The molecule has 0 heterocycles. The highest BCUT2D eigenvalue weighted by molar-refractivity contribution is 5.75. The van der Waals surface area contributed by atoms with E-state index in [0.717, 1.165) is 0 Å². The number of carbonyl (C=O) groups is 1. The molecule has 0 unspecified atom stereocenters. The van der Waals surface area contributed by atoms with E-state index in [1.807, 2.05) is 0 Å². The molecule has 1 aromatic carbocycles. The van der Waals surface area contributed by atoms with Crippen LogP contribution in [-0.2, 0) is 4.79 Å². The van der Waals surface area contributed by atoms with Crippen molar-refractivity contribution in [2.45, 2.75) is 19.0 Å². The lowest BCUT2D eigenvalue weighted by molar-refractivity contribution is -0.135. The third-order valence-corrected chi connectivity index (χ3v) is 2.19. The maximum atomic E-state index is 11.8. The lowest BCUT2D eigenvalue weighted by atomic mass is 10.3.